The second-order valence-corrected chi connectivity index (χ2v) is 4.22. The Balaban J connectivity index is 0.000000980. The maximum Gasteiger partial charge on any atom is 0.239 e. The minimum absolute atomic E-state index is 0. The molecule has 82 valence electrons. The van der Waals surface area contributed by atoms with Gasteiger partial charge in [0.1, 0.15) is 0 Å². The number of carbonyl (C=O) groups excluding carboxylic acids is 1. The smallest absolute Gasteiger partial charge is 0.239 e. The zero-order valence-corrected chi connectivity index (χ0v) is 9.26. The van der Waals surface area contributed by atoms with E-state index in [1.165, 1.54) is 19.3 Å². The molecule has 1 amide bonds. The zero-order valence-electron chi connectivity index (χ0n) is 8.45. The highest BCUT2D eigenvalue weighted by molar-refractivity contribution is 5.85. The lowest BCUT2D eigenvalue weighted by atomic mass is 9.99. The van der Waals surface area contributed by atoms with E-state index in [4.69, 9.17) is 5.73 Å². The van der Waals surface area contributed by atoms with Gasteiger partial charge in [-0.15, -0.1) is 12.4 Å². The second-order valence-electron chi connectivity index (χ2n) is 4.22. The van der Waals surface area contributed by atoms with Crippen LogP contribution in [0, 0.1) is 0 Å². The van der Waals surface area contributed by atoms with Crippen LogP contribution in [0.4, 0.5) is 0 Å². The lowest BCUT2D eigenvalue weighted by Crippen LogP contribution is -2.48. The van der Waals surface area contributed by atoms with Crippen molar-refractivity contribution in [1.29, 1.82) is 0 Å². The van der Waals surface area contributed by atoms with Crippen LogP contribution in [-0.2, 0) is 4.79 Å². The minimum Gasteiger partial charge on any atom is -0.338 e. The molecule has 0 aromatic rings. The van der Waals surface area contributed by atoms with Gasteiger partial charge in [-0.3, -0.25) is 4.79 Å². The van der Waals surface area contributed by atoms with Crippen LogP contribution in [0.2, 0.25) is 0 Å². The average Bonchev–Trinajstić information content (AvgIpc) is 2.29. The van der Waals surface area contributed by atoms with Crippen LogP contribution in [0.3, 0.4) is 0 Å². The Morgan fingerprint density at radius 2 is 1.86 bits per heavy atom. The van der Waals surface area contributed by atoms with Crippen molar-refractivity contribution in [2.24, 2.45) is 5.73 Å². The Bertz CT molecular complexity index is 210. The lowest BCUT2D eigenvalue weighted by Gasteiger charge is -2.35. The largest absolute Gasteiger partial charge is 0.338 e. The Morgan fingerprint density at radius 3 is 2.64 bits per heavy atom. The van der Waals surface area contributed by atoms with Crippen molar-refractivity contribution in [2.75, 3.05) is 6.54 Å². The SMILES string of the molecule is Cl.N[C@H]1CCC[C@H]2CCCCN2C1=O. The molecule has 0 aromatic heterocycles. The van der Waals surface area contributed by atoms with Gasteiger partial charge in [0.05, 0.1) is 6.04 Å². The first-order valence-corrected chi connectivity index (χ1v) is 5.35. The predicted molar refractivity (Wildman–Crippen MR) is 58.4 cm³/mol. The molecule has 4 heteroatoms. The summed E-state index contributed by atoms with van der Waals surface area (Å²) in [4.78, 5) is 13.8. The first kappa shape index (κ1) is 11.8. The van der Waals surface area contributed by atoms with Crippen LogP contribution < -0.4 is 5.73 Å². The minimum atomic E-state index is -0.219. The maximum atomic E-state index is 11.8. The summed E-state index contributed by atoms with van der Waals surface area (Å²) in [5.41, 5.74) is 5.79. The molecule has 2 atom stereocenters. The van der Waals surface area contributed by atoms with Crippen LogP contribution in [-0.4, -0.2) is 29.4 Å². The van der Waals surface area contributed by atoms with E-state index in [2.05, 4.69) is 0 Å². The molecular formula is C10H19ClN2O. The van der Waals surface area contributed by atoms with E-state index in [9.17, 15) is 4.79 Å². The lowest BCUT2D eigenvalue weighted by molar-refractivity contribution is -0.135. The van der Waals surface area contributed by atoms with Gasteiger partial charge in [-0.2, -0.15) is 0 Å². The molecule has 0 aliphatic carbocycles. The van der Waals surface area contributed by atoms with Crippen molar-refractivity contribution in [3.05, 3.63) is 0 Å². The maximum absolute atomic E-state index is 11.8. The van der Waals surface area contributed by atoms with Crippen molar-refractivity contribution in [2.45, 2.75) is 50.6 Å². The fourth-order valence-electron chi connectivity index (χ4n) is 2.50. The molecule has 2 fully saturated rings. The number of nitrogens with two attached hydrogens (primary N) is 1. The van der Waals surface area contributed by atoms with Gasteiger partial charge >= 0.3 is 0 Å². The fourth-order valence-corrected chi connectivity index (χ4v) is 2.50. The van der Waals surface area contributed by atoms with Crippen molar-refractivity contribution >= 4 is 18.3 Å². The van der Waals surface area contributed by atoms with Crippen LogP contribution in [0.5, 0.6) is 0 Å². The molecule has 2 heterocycles. The van der Waals surface area contributed by atoms with Crippen LogP contribution >= 0.6 is 12.4 Å². The third-order valence-electron chi connectivity index (χ3n) is 3.28. The van der Waals surface area contributed by atoms with Gasteiger partial charge in [0.2, 0.25) is 5.91 Å². The summed E-state index contributed by atoms with van der Waals surface area (Å²) in [6.45, 7) is 0.942. The van der Waals surface area contributed by atoms with Gasteiger partial charge in [0, 0.05) is 12.6 Å². The van der Waals surface area contributed by atoms with Gasteiger partial charge < -0.3 is 10.6 Å². The third-order valence-corrected chi connectivity index (χ3v) is 3.28. The van der Waals surface area contributed by atoms with Gasteiger partial charge in [-0.25, -0.2) is 0 Å². The highest BCUT2D eigenvalue weighted by atomic mass is 35.5. The number of amides is 1. The van der Waals surface area contributed by atoms with Gasteiger partial charge in [-0.05, 0) is 38.5 Å². The standard InChI is InChI=1S/C10H18N2O.ClH/c11-9-6-3-5-8-4-1-2-7-12(8)10(9)13;/h8-9H,1-7,11H2;1H/t8-,9+;/m1./s1. The summed E-state index contributed by atoms with van der Waals surface area (Å²) < 4.78 is 0. The summed E-state index contributed by atoms with van der Waals surface area (Å²) in [5, 5.41) is 0. The third kappa shape index (κ3) is 2.20. The zero-order chi connectivity index (χ0) is 9.26. The molecule has 0 unspecified atom stereocenters. The predicted octanol–water partition coefficient (Wildman–Crippen LogP) is 1.30. The molecule has 0 spiro atoms. The number of hydrogen-bond donors (Lipinski definition) is 1. The molecule has 2 aliphatic rings. The molecule has 0 bridgehead atoms. The van der Waals surface area contributed by atoms with Crippen LogP contribution in [0.1, 0.15) is 38.5 Å². The monoisotopic (exact) mass is 218 g/mol. The van der Waals surface area contributed by atoms with Crippen molar-refractivity contribution in [3.63, 3.8) is 0 Å². The number of piperidine rings is 1. The molecular weight excluding hydrogens is 200 g/mol. The number of nitrogens with zero attached hydrogens (tertiary/aromatic N) is 1. The van der Waals surface area contributed by atoms with Gasteiger partial charge in [0.25, 0.3) is 0 Å². The fraction of sp³-hybridized carbons (Fsp3) is 0.900. The molecule has 2 saturated heterocycles. The van der Waals surface area contributed by atoms with E-state index in [1.54, 1.807) is 0 Å². The topological polar surface area (TPSA) is 46.3 Å². The van der Waals surface area contributed by atoms with E-state index in [0.29, 0.717) is 6.04 Å². The van der Waals surface area contributed by atoms with Crippen LogP contribution in [0.25, 0.3) is 0 Å². The summed E-state index contributed by atoms with van der Waals surface area (Å²) in [7, 11) is 0. The van der Waals surface area contributed by atoms with Gasteiger partial charge in [0.15, 0.2) is 0 Å². The van der Waals surface area contributed by atoms with Crippen molar-refractivity contribution < 1.29 is 4.79 Å². The highest BCUT2D eigenvalue weighted by Crippen LogP contribution is 2.25. The van der Waals surface area contributed by atoms with Crippen molar-refractivity contribution in [3.8, 4) is 0 Å². The molecule has 14 heavy (non-hydrogen) atoms. The van der Waals surface area contributed by atoms with Crippen molar-refractivity contribution in [1.82, 2.24) is 4.90 Å². The van der Waals surface area contributed by atoms with Crippen LogP contribution in [0.15, 0.2) is 0 Å². The molecule has 2 aliphatic heterocycles. The highest BCUT2D eigenvalue weighted by Gasteiger charge is 2.32. The van der Waals surface area contributed by atoms with E-state index in [1.807, 2.05) is 4.90 Å². The molecule has 2 N–H and O–H groups in total. The first-order chi connectivity index (χ1) is 6.29. The Hall–Kier alpha value is -0.280. The number of fused-ring (bicyclic) bond motifs is 1. The van der Waals surface area contributed by atoms with Gasteiger partial charge in [-0.1, -0.05) is 0 Å². The summed E-state index contributed by atoms with van der Waals surface area (Å²) >= 11 is 0. The summed E-state index contributed by atoms with van der Waals surface area (Å²) in [6.07, 6.45) is 6.80. The molecule has 2 rings (SSSR count). The molecule has 3 nitrogen and oxygen atoms in total. The second kappa shape index (κ2) is 4.99. The Labute approximate surface area is 91.4 Å². The Morgan fingerprint density at radius 1 is 1.14 bits per heavy atom. The summed E-state index contributed by atoms with van der Waals surface area (Å²) in [6, 6.07) is 0.290. The normalized spacial score (nSPS) is 32.9. The quantitative estimate of drug-likeness (QED) is 0.666. The molecule has 0 radical (unpaired) electrons. The number of rotatable bonds is 0. The molecule has 0 aromatic carbocycles. The summed E-state index contributed by atoms with van der Waals surface area (Å²) in [5.74, 6) is 0.196. The average molecular weight is 219 g/mol. The van der Waals surface area contributed by atoms with E-state index >= 15 is 0 Å². The molecule has 0 saturated carbocycles. The van der Waals surface area contributed by atoms with E-state index in [0.717, 1.165) is 25.8 Å². The van der Waals surface area contributed by atoms with E-state index in [-0.39, 0.29) is 24.4 Å². The Kier molecular flexibility index (Phi) is 4.20. The number of halogens is 1. The number of hydrogen-bond acceptors (Lipinski definition) is 2. The number of carbonyl (C=O) groups is 1. The first-order valence-electron chi connectivity index (χ1n) is 5.35. The van der Waals surface area contributed by atoms with E-state index < -0.39 is 0 Å².